The molecule has 9 nitrogen and oxygen atoms in total. The number of carbonyl (C=O) groups is 2. The Morgan fingerprint density at radius 2 is 2.04 bits per heavy atom. The maximum absolute atomic E-state index is 12.3. The fraction of sp³-hybridized carbons (Fsp3) is 0.250. The van der Waals surface area contributed by atoms with Crippen LogP contribution in [0.2, 0.25) is 0 Å². The maximum Gasteiger partial charge on any atom is 0.342 e. The van der Waals surface area contributed by atoms with Gasteiger partial charge in [0.15, 0.2) is 6.10 Å². The molecule has 0 saturated carbocycles. The number of esters is 1. The van der Waals surface area contributed by atoms with Gasteiger partial charge in [-0.15, -0.1) is 0 Å². The second-order valence-electron chi connectivity index (χ2n) is 5.25. The van der Waals surface area contributed by atoms with Gasteiger partial charge in [0.05, 0.1) is 24.8 Å². The predicted molar refractivity (Wildman–Crippen MR) is 89.8 cm³/mol. The molecular weight excluding hydrogens is 364 g/mol. The summed E-state index contributed by atoms with van der Waals surface area (Å²) < 4.78 is 38.1. The summed E-state index contributed by atoms with van der Waals surface area (Å²) in [6.45, 7) is 1.52. The Bertz CT molecular complexity index is 891. The number of hydrogen-bond acceptors (Lipinski definition) is 7. The Morgan fingerprint density at radius 1 is 1.31 bits per heavy atom. The smallest absolute Gasteiger partial charge is 0.342 e. The van der Waals surface area contributed by atoms with Crippen molar-refractivity contribution in [3.8, 4) is 5.75 Å². The molecule has 0 aliphatic rings. The zero-order chi connectivity index (χ0) is 19.3. The van der Waals surface area contributed by atoms with Gasteiger partial charge in [0.1, 0.15) is 17.1 Å². The molecule has 0 unspecified atom stereocenters. The monoisotopic (exact) mass is 382 g/mol. The van der Waals surface area contributed by atoms with E-state index in [2.05, 4.69) is 5.32 Å². The van der Waals surface area contributed by atoms with Crippen LogP contribution in [0, 0.1) is 0 Å². The van der Waals surface area contributed by atoms with Gasteiger partial charge in [-0.25, -0.2) is 18.4 Å². The van der Waals surface area contributed by atoms with Gasteiger partial charge in [0.2, 0.25) is 10.0 Å². The minimum absolute atomic E-state index is 0.0885. The second kappa shape index (κ2) is 8.02. The lowest BCUT2D eigenvalue weighted by Crippen LogP contribution is -2.35. The maximum atomic E-state index is 12.3. The quantitative estimate of drug-likeness (QED) is 0.675. The minimum Gasteiger partial charge on any atom is -0.496 e. The minimum atomic E-state index is -4.02. The lowest BCUT2D eigenvalue weighted by atomic mass is 10.2. The molecule has 2 aromatic rings. The summed E-state index contributed by atoms with van der Waals surface area (Å²) in [4.78, 5) is 24.0. The fourth-order valence-corrected chi connectivity index (χ4v) is 2.57. The number of methoxy groups -OCH3 is 1. The zero-order valence-corrected chi connectivity index (χ0v) is 14.9. The van der Waals surface area contributed by atoms with E-state index in [9.17, 15) is 18.0 Å². The fourth-order valence-electron chi connectivity index (χ4n) is 2.03. The van der Waals surface area contributed by atoms with E-state index in [0.29, 0.717) is 5.76 Å². The second-order valence-corrected chi connectivity index (χ2v) is 6.81. The summed E-state index contributed by atoms with van der Waals surface area (Å²) in [5.41, 5.74) is -0.162. The molecule has 1 aromatic heterocycles. The normalized spacial score (nSPS) is 12.3. The van der Waals surface area contributed by atoms with E-state index in [1.54, 1.807) is 12.1 Å². The van der Waals surface area contributed by atoms with E-state index in [-0.39, 0.29) is 22.8 Å². The van der Waals surface area contributed by atoms with Crippen molar-refractivity contribution >= 4 is 21.9 Å². The number of benzene rings is 1. The number of carbonyl (C=O) groups excluding carboxylic acids is 2. The van der Waals surface area contributed by atoms with Crippen molar-refractivity contribution < 1.29 is 31.9 Å². The number of hydrogen-bond donors (Lipinski definition) is 2. The van der Waals surface area contributed by atoms with Crippen molar-refractivity contribution in [2.75, 3.05) is 7.11 Å². The summed E-state index contributed by atoms with van der Waals surface area (Å²) in [7, 11) is -2.71. The average Bonchev–Trinajstić information content (AvgIpc) is 3.11. The van der Waals surface area contributed by atoms with Crippen molar-refractivity contribution in [1.29, 1.82) is 0 Å². The van der Waals surface area contributed by atoms with Crippen molar-refractivity contribution in [2.45, 2.75) is 24.5 Å². The molecule has 0 radical (unpaired) electrons. The van der Waals surface area contributed by atoms with Gasteiger partial charge >= 0.3 is 5.97 Å². The standard InChI is InChI=1S/C16H18N2O7S/c1-10(15(19)18-9-11-4-3-7-24-11)25-16(20)13-8-12(26(17,21)22)5-6-14(13)23-2/h3-8,10H,9H2,1-2H3,(H,18,19)(H2,17,21,22)/t10-/m1/s1. The van der Waals surface area contributed by atoms with Crippen LogP contribution in [0.25, 0.3) is 0 Å². The van der Waals surface area contributed by atoms with Crippen LogP contribution in [-0.4, -0.2) is 33.5 Å². The number of nitrogens with one attached hydrogen (secondary N) is 1. The highest BCUT2D eigenvalue weighted by molar-refractivity contribution is 7.89. The summed E-state index contributed by atoms with van der Waals surface area (Å²) in [6, 6.07) is 6.86. The molecule has 1 atom stereocenters. The number of primary sulfonamides is 1. The van der Waals surface area contributed by atoms with Gasteiger partial charge in [-0.3, -0.25) is 4.79 Å². The van der Waals surface area contributed by atoms with Gasteiger partial charge < -0.3 is 19.2 Å². The first kappa shape index (κ1) is 19.5. The number of rotatable bonds is 7. The molecule has 140 valence electrons. The van der Waals surface area contributed by atoms with Gasteiger partial charge in [-0.05, 0) is 37.3 Å². The molecule has 10 heteroatoms. The van der Waals surface area contributed by atoms with Crippen LogP contribution >= 0.6 is 0 Å². The van der Waals surface area contributed by atoms with Crippen molar-refractivity contribution in [1.82, 2.24) is 5.32 Å². The lowest BCUT2D eigenvalue weighted by molar-refractivity contribution is -0.129. The van der Waals surface area contributed by atoms with E-state index in [0.717, 1.165) is 6.07 Å². The number of amides is 1. The highest BCUT2D eigenvalue weighted by Gasteiger charge is 2.23. The highest BCUT2D eigenvalue weighted by atomic mass is 32.2. The summed E-state index contributed by atoms with van der Waals surface area (Å²) >= 11 is 0. The average molecular weight is 382 g/mol. The number of sulfonamides is 1. The van der Waals surface area contributed by atoms with Crippen LogP contribution in [-0.2, 0) is 26.1 Å². The predicted octanol–water partition coefficient (Wildman–Crippen LogP) is 0.797. The molecule has 0 aliphatic carbocycles. The molecule has 1 aromatic carbocycles. The molecule has 2 rings (SSSR count). The van der Waals surface area contributed by atoms with Crippen LogP contribution in [0.1, 0.15) is 23.0 Å². The van der Waals surface area contributed by atoms with E-state index in [1.165, 1.54) is 32.4 Å². The first-order valence-corrected chi connectivity index (χ1v) is 8.99. The summed E-state index contributed by atoms with van der Waals surface area (Å²) in [5.74, 6) is -0.839. The molecule has 1 heterocycles. The van der Waals surface area contributed by atoms with Gasteiger partial charge in [-0.1, -0.05) is 0 Å². The van der Waals surface area contributed by atoms with E-state index in [4.69, 9.17) is 19.0 Å². The Labute approximate surface area is 150 Å². The highest BCUT2D eigenvalue weighted by Crippen LogP contribution is 2.23. The molecule has 26 heavy (non-hydrogen) atoms. The van der Waals surface area contributed by atoms with Crippen molar-refractivity contribution in [3.05, 3.63) is 47.9 Å². The number of ether oxygens (including phenoxy) is 2. The van der Waals surface area contributed by atoms with Gasteiger partial charge in [0.25, 0.3) is 5.91 Å². The third-order valence-electron chi connectivity index (χ3n) is 3.39. The van der Waals surface area contributed by atoms with E-state index in [1.807, 2.05) is 0 Å². The van der Waals surface area contributed by atoms with Crippen LogP contribution in [0.15, 0.2) is 45.9 Å². The van der Waals surface area contributed by atoms with E-state index < -0.39 is 28.0 Å². The van der Waals surface area contributed by atoms with Gasteiger partial charge in [-0.2, -0.15) is 0 Å². The largest absolute Gasteiger partial charge is 0.496 e. The lowest BCUT2D eigenvalue weighted by Gasteiger charge is -2.15. The van der Waals surface area contributed by atoms with Crippen molar-refractivity contribution in [3.63, 3.8) is 0 Å². The first-order valence-electron chi connectivity index (χ1n) is 7.44. The molecule has 0 saturated heterocycles. The Balaban J connectivity index is 2.09. The van der Waals surface area contributed by atoms with Crippen LogP contribution in [0.5, 0.6) is 5.75 Å². The molecule has 3 N–H and O–H groups in total. The molecule has 0 bridgehead atoms. The third-order valence-corrected chi connectivity index (χ3v) is 4.30. The molecule has 0 fully saturated rings. The topological polar surface area (TPSA) is 138 Å². The Kier molecular flexibility index (Phi) is 6.01. The number of furan rings is 1. The molecular formula is C16H18N2O7S. The third kappa shape index (κ3) is 4.83. The Morgan fingerprint density at radius 3 is 2.62 bits per heavy atom. The van der Waals surface area contributed by atoms with Crippen LogP contribution < -0.4 is 15.2 Å². The summed E-state index contributed by atoms with van der Waals surface area (Å²) in [6.07, 6.45) is 0.343. The molecule has 0 aliphatic heterocycles. The number of nitrogens with two attached hydrogens (primary N) is 1. The van der Waals surface area contributed by atoms with Crippen molar-refractivity contribution in [2.24, 2.45) is 5.14 Å². The van der Waals surface area contributed by atoms with E-state index >= 15 is 0 Å². The van der Waals surface area contributed by atoms with Gasteiger partial charge in [0, 0.05) is 0 Å². The Hall–Kier alpha value is -2.85. The van der Waals surface area contributed by atoms with Crippen LogP contribution in [0.4, 0.5) is 0 Å². The first-order chi connectivity index (χ1) is 12.2. The SMILES string of the molecule is COc1ccc(S(N)(=O)=O)cc1C(=O)O[C@H](C)C(=O)NCc1ccco1. The zero-order valence-electron chi connectivity index (χ0n) is 14.1. The molecule has 0 spiro atoms. The van der Waals surface area contributed by atoms with Crippen LogP contribution in [0.3, 0.4) is 0 Å². The summed E-state index contributed by atoms with van der Waals surface area (Å²) in [5, 5.41) is 7.61. The molecule has 1 amide bonds.